The van der Waals surface area contributed by atoms with Crippen molar-refractivity contribution in [2.75, 3.05) is 6.54 Å². The average Bonchev–Trinajstić information content (AvgIpc) is 2.25. The number of nitrogens with one attached hydrogen (secondary N) is 2. The van der Waals surface area contributed by atoms with Gasteiger partial charge in [-0.15, -0.1) is 0 Å². The molecule has 0 aromatic rings. The lowest BCUT2D eigenvalue weighted by atomic mass is 9.95. The maximum atomic E-state index is 11.2. The molecular formula is C9H14N4O4. The SMILES string of the molecule is NC(=CC(=O)CNC(=O)O)C[C@H]1NC(=O)[C@H]1N. The molecule has 8 heteroatoms. The van der Waals surface area contributed by atoms with E-state index in [2.05, 4.69) is 5.32 Å². The Morgan fingerprint density at radius 2 is 2.18 bits per heavy atom. The van der Waals surface area contributed by atoms with Crippen LogP contribution >= 0.6 is 0 Å². The Bertz CT molecular complexity index is 379. The largest absolute Gasteiger partial charge is 0.465 e. The smallest absolute Gasteiger partial charge is 0.405 e. The minimum atomic E-state index is -1.28. The molecule has 94 valence electrons. The molecule has 2 atom stereocenters. The summed E-state index contributed by atoms with van der Waals surface area (Å²) < 4.78 is 0. The Morgan fingerprint density at radius 1 is 1.53 bits per heavy atom. The predicted octanol–water partition coefficient (Wildman–Crippen LogP) is -2.12. The van der Waals surface area contributed by atoms with Crippen LogP contribution in [0.3, 0.4) is 0 Å². The van der Waals surface area contributed by atoms with E-state index in [4.69, 9.17) is 16.6 Å². The van der Waals surface area contributed by atoms with Gasteiger partial charge in [0.25, 0.3) is 0 Å². The molecule has 0 aromatic heterocycles. The minimum absolute atomic E-state index is 0.248. The van der Waals surface area contributed by atoms with Crippen LogP contribution in [-0.2, 0) is 9.59 Å². The fourth-order valence-corrected chi connectivity index (χ4v) is 1.37. The van der Waals surface area contributed by atoms with Gasteiger partial charge in [0, 0.05) is 18.2 Å². The van der Waals surface area contributed by atoms with Gasteiger partial charge in [-0.3, -0.25) is 9.59 Å². The predicted molar refractivity (Wildman–Crippen MR) is 57.8 cm³/mol. The molecule has 1 saturated heterocycles. The lowest BCUT2D eigenvalue weighted by Gasteiger charge is -2.33. The molecule has 1 aliphatic rings. The van der Waals surface area contributed by atoms with Crippen molar-refractivity contribution in [2.24, 2.45) is 11.5 Å². The number of carboxylic acid groups (broad SMARTS) is 1. The second-order valence-corrected chi connectivity index (χ2v) is 3.69. The zero-order chi connectivity index (χ0) is 13.0. The van der Waals surface area contributed by atoms with E-state index >= 15 is 0 Å². The van der Waals surface area contributed by atoms with Crippen molar-refractivity contribution in [2.45, 2.75) is 18.5 Å². The summed E-state index contributed by atoms with van der Waals surface area (Å²) in [7, 11) is 0. The molecule has 1 heterocycles. The molecular weight excluding hydrogens is 228 g/mol. The highest BCUT2D eigenvalue weighted by Crippen LogP contribution is 2.10. The van der Waals surface area contributed by atoms with Crippen LogP contribution in [0.25, 0.3) is 0 Å². The summed E-state index contributed by atoms with van der Waals surface area (Å²) in [5.74, 6) is -0.703. The quantitative estimate of drug-likeness (QED) is 0.275. The van der Waals surface area contributed by atoms with Crippen molar-refractivity contribution >= 4 is 17.8 Å². The monoisotopic (exact) mass is 242 g/mol. The summed E-state index contributed by atoms with van der Waals surface area (Å²) >= 11 is 0. The molecule has 1 fully saturated rings. The van der Waals surface area contributed by atoms with Crippen molar-refractivity contribution in [3.05, 3.63) is 11.8 Å². The van der Waals surface area contributed by atoms with Gasteiger partial charge in [-0.2, -0.15) is 0 Å². The molecule has 0 aromatic carbocycles. The van der Waals surface area contributed by atoms with E-state index in [0.29, 0.717) is 0 Å². The van der Waals surface area contributed by atoms with E-state index in [0.717, 1.165) is 6.08 Å². The molecule has 7 N–H and O–H groups in total. The van der Waals surface area contributed by atoms with Crippen molar-refractivity contribution in [3.63, 3.8) is 0 Å². The highest BCUT2D eigenvalue weighted by Gasteiger charge is 2.35. The highest BCUT2D eigenvalue weighted by molar-refractivity contribution is 5.93. The normalized spacial score (nSPS) is 23.6. The average molecular weight is 242 g/mol. The fourth-order valence-electron chi connectivity index (χ4n) is 1.37. The molecule has 0 radical (unpaired) electrons. The first kappa shape index (κ1) is 13.0. The number of β-lactam (4-membered cyclic amide) rings is 1. The van der Waals surface area contributed by atoms with Gasteiger partial charge < -0.3 is 27.2 Å². The third kappa shape index (κ3) is 3.76. The van der Waals surface area contributed by atoms with Gasteiger partial charge >= 0.3 is 6.09 Å². The van der Waals surface area contributed by atoms with Crippen LogP contribution in [0, 0.1) is 0 Å². The van der Waals surface area contributed by atoms with E-state index in [1.54, 1.807) is 0 Å². The Labute approximate surface area is 97.0 Å². The molecule has 0 spiro atoms. The standard InChI is InChI=1S/C9H14N4O4/c10-4(1-5(14)3-12-9(16)17)2-6-7(11)8(15)13-6/h1,6-7,12H,2-3,10-11H2,(H,13,15)(H,16,17)/t6-,7+/m1/s1. The first-order valence-electron chi connectivity index (χ1n) is 4.91. The Morgan fingerprint density at radius 3 is 2.65 bits per heavy atom. The number of nitrogens with two attached hydrogens (primary N) is 2. The topological polar surface area (TPSA) is 148 Å². The van der Waals surface area contributed by atoms with Crippen LogP contribution < -0.4 is 22.1 Å². The molecule has 17 heavy (non-hydrogen) atoms. The Hall–Kier alpha value is -2.09. The number of amides is 2. The second-order valence-electron chi connectivity index (χ2n) is 3.69. The summed E-state index contributed by atoms with van der Waals surface area (Å²) in [4.78, 5) is 32.1. The molecule has 2 amide bonds. The van der Waals surface area contributed by atoms with Gasteiger partial charge in [0.05, 0.1) is 12.6 Å². The highest BCUT2D eigenvalue weighted by atomic mass is 16.4. The summed E-state index contributed by atoms with van der Waals surface area (Å²) in [5, 5.41) is 12.7. The number of carbonyl (C=O) groups is 3. The van der Waals surface area contributed by atoms with E-state index < -0.39 is 17.9 Å². The van der Waals surface area contributed by atoms with E-state index in [9.17, 15) is 14.4 Å². The molecule has 0 bridgehead atoms. The maximum absolute atomic E-state index is 11.2. The van der Waals surface area contributed by atoms with E-state index in [1.165, 1.54) is 0 Å². The van der Waals surface area contributed by atoms with Crippen molar-refractivity contribution in [3.8, 4) is 0 Å². The van der Waals surface area contributed by atoms with E-state index in [1.807, 2.05) is 5.32 Å². The first-order chi connectivity index (χ1) is 7.90. The van der Waals surface area contributed by atoms with Gasteiger partial charge in [0.1, 0.15) is 6.04 Å². The van der Waals surface area contributed by atoms with Crippen LogP contribution in [0.4, 0.5) is 4.79 Å². The van der Waals surface area contributed by atoms with Crippen LogP contribution in [0.15, 0.2) is 11.8 Å². The molecule has 0 aliphatic carbocycles. The minimum Gasteiger partial charge on any atom is -0.465 e. The molecule has 1 rings (SSSR count). The Balaban J connectivity index is 2.36. The summed E-state index contributed by atoms with van der Waals surface area (Å²) in [6, 6.07) is -0.867. The third-order valence-electron chi connectivity index (χ3n) is 2.28. The number of rotatable bonds is 5. The van der Waals surface area contributed by atoms with E-state index in [-0.39, 0.29) is 30.6 Å². The zero-order valence-electron chi connectivity index (χ0n) is 8.97. The van der Waals surface area contributed by atoms with Crippen molar-refractivity contribution in [1.29, 1.82) is 0 Å². The summed E-state index contributed by atoms with van der Waals surface area (Å²) in [6.45, 7) is -0.334. The third-order valence-corrected chi connectivity index (χ3v) is 2.28. The first-order valence-corrected chi connectivity index (χ1v) is 4.91. The molecule has 0 saturated carbocycles. The molecule has 8 nitrogen and oxygen atoms in total. The number of hydrogen-bond acceptors (Lipinski definition) is 5. The number of hydrogen-bond donors (Lipinski definition) is 5. The van der Waals surface area contributed by atoms with Gasteiger partial charge in [-0.25, -0.2) is 4.79 Å². The second kappa shape index (κ2) is 5.30. The lowest BCUT2D eigenvalue weighted by molar-refractivity contribution is -0.130. The zero-order valence-corrected chi connectivity index (χ0v) is 8.97. The van der Waals surface area contributed by atoms with Crippen LogP contribution in [-0.4, -0.2) is 41.5 Å². The van der Waals surface area contributed by atoms with Crippen molar-refractivity contribution in [1.82, 2.24) is 10.6 Å². The maximum Gasteiger partial charge on any atom is 0.405 e. The number of carbonyl (C=O) groups excluding carboxylic acids is 2. The van der Waals surface area contributed by atoms with Gasteiger partial charge in [0.15, 0.2) is 5.78 Å². The van der Waals surface area contributed by atoms with Gasteiger partial charge in [0.2, 0.25) is 5.91 Å². The van der Waals surface area contributed by atoms with Crippen LogP contribution in [0.1, 0.15) is 6.42 Å². The van der Waals surface area contributed by atoms with Crippen LogP contribution in [0.5, 0.6) is 0 Å². The fraction of sp³-hybridized carbons (Fsp3) is 0.444. The van der Waals surface area contributed by atoms with Gasteiger partial charge in [-0.05, 0) is 0 Å². The lowest BCUT2D eigenvalue weighted by Crippen LogP contribution is -2.66. The van der Waals surface area contributed by atoms with Gasteiger partial charge in [-0.1, -0.05) is 0 Å². The van der Waals surface area contributed by atoms with Crippen molar-refractivity contribution < 1.29 is 19.5 Å². The summed E-state index contributed by atoms with van der Waals surface area (Å²) in [6.07, 6.45) is 0.123. The number of ketones is 1. The van der Waals surface area contributed by atoms with Crippen LogP contribution in [0.2, 0.25) is 0 Å². The Kier molecular flexibility index (Phi) is 4.05. The summed E-state index contributed by atoms with van der Waals surface area (Å²) in [5.41, 5.74) is 11.3. The molecule has 0 unspecified atom stereocenters. The molecule has 1 aliphatic heterocycles.